The average molecular weight is 311 g/mol. The minimum absolute atomic E-state index is 0.137. The maximum Gasteiger partial charge on any atom is 0.0562 e. The van der Waals surface area contributed by atoms with Gasteiger partial charge >= 0.3 is 0 Å². The normalized spacial score (nSPS) is 12.5. The van der Waals surface area contributed by atoms with E-state index in [2.05, 4.69) is 35.0 Å². The van der Waals surface area contributed by atoms with Crippen molar-refractivity contribution in [1.82, 2.24) is 0 Å². The molecule has 2 aromatic carbocycles. The van der Waals surface area contributed by atoms with Crippen molar-refractivity contribution in [1.29, 1.82) is 0 Å². The van der Waals surface area contributed by atoms with E-state index < -0.39 is 0 Å². The van der Waals surface area contributed by atoms with Crippen molar-refractivity contribution in [2.24, 2.45) is 5.73 Å². The molecule has 0 aliphatic heterocycles. The number of rotatable bonds is 2. The highest BCUT2D eigenvalue weighted by Gasteiger charge is 2.12. The number of benzene rings is 2. The van der Waals surface area contributed by atoms with Gasteiger partial charge in [-0.1, -0.05) is 63.4 Å². The molecule has 0 fully saturated rings. The van der Waals surface area contributed by atoms with Crippen molar-refractivity contribution in [3.63, 3.8) is 0 Å². The van der Waals surface area contributed by atoms with Crippen LogP contribution in [-0.4, -0.2) is 0 Å². The highest BCUT2D eigenvalue weighted by Crippen LogP contribution is 2.29. The molecule has 0 spiro atoms. The Hall–Kier alpha value is -0.830. The smallest absolute Gasteiger partial charge is 0.0562 e. The van der Waals surface area contributed by atoms with E-state index in [0.29, 0.717) is 5.02 Å². The summed E-state index contributed by atoms with van der Waals surface area (Å²) in [5.41, 5.74) is 9.62. The number of aryl methyl sites for hydroxylation is 1. The van der Waals surface area contributed by atoms with Gasteiger partial charge in [0.15, 0.2) is 0 Å². The summed E-state index contributed by atoms with van der Waals surface area (Å²) in [6.45, 7) is 2.06. The molecule has 0 saturated heterocycles. The largest absolute Gasteiger partial charge is 0.320 e. The minimum Gasteiger partial charge on any atom is -0.320 e. The molecule has 2 aromatic rings. The van der Waals surface area contributed by atoms with Crippen LogP contribution in [0.15, 0.2) is 46.9 Å². The Morgan fingerprint density at radius 3 is 2.59 bits per heavy atom. The standard InChI is InChI=1S/C14H13BrClN/c1-9-3-2-4-10(7-9)14(17)12-6-5-11(16)8-13(12)15/h2-8,14H,17H2,1H3. The summed E-state index contributed by atoms with van der Waals surface area (Å²) in [6.07, 6.45) is 0. The molecule has 3 heteroatoms. The second-order valence-electron chi connectivity index (χ2n) is 4.06. The average Bonchev–Trinajstić information content (AvgIpc) is 2.28. The van der Waals surface area contributed by atoms with Crippen molar-refractivity contribution in [3.05, 3.63) is 68.7 Å². The van der Waals surface area contributed by atoms with Crippen molar-refractivity contribution < 1.29 is 0 Å². The lowest BCUT2D eigenvalue weighted by Crippen LogP contribution is -2.12. The Morgan fingerprint density at radius 1 is 1.18 bits per heavy atom. The molecule has 0 radical (unpaired) electrons. The monoisotopic (exact) mass is 309 g/mol. The van der Waals surface area contributed by atoms with Crippen LogP contribution in [0.4, 0.5) is 0 Å². The number of hydrogen-bond acceptors (Lipinski definition) is 1. The first-order valence-electron chi connectivity index (χ1n) is 5.35. The van der Waals surface area contributed by atoms with Crippen LogP contribution in [0.5, 0.6) is 0 Å². The third kappa shape index (κ3) is 2.89. The highest BCUT2D eigenvalue weighted by molar-refractivity contribution is 9.10. The van der Waals surface area contributed by atoms with Crippen LogP contribution in [0.3, 0.4) is 0 Å². The van der Waals surface area contributed by atoms with Crippen LogP contribution in [0.25, 0.3) is 0 Å². The van der Waals surface area contributed by atoms with Crippen LogP contribution in [-0.2, 0) is 0 Å². The zero-order valence-corrected chi connectivity index (χ0v) is 11.8. The molecule has 0 amide bonds. The number of hydrogen-bond donors (Lipinski definition) is 1. The van der Waals surface area contributed by atoms with Gasteiger partial charge in [-0.3, -0.25) is 0 Å². The van der Waals surface area contributed by atoms with Crippen LogP contribution < -0.4 is 5.73 Å². The Kier molecular flexibility index (Phi) is 3.87. The van der Waals surface area contributed by atoms with Crippen molar-refractivity contribution in [3.8, 4) is 0 Å². The Bertz CT molecular complexity index is 539. The molecule has 0 saturated carbocycles. The second kappa shape index (κ2) is 5.21. The molecule has 1 atom stereocenters. The van der Waals surface area contributed by atoms with Crippen LogP contribution >= 0.6 is 27.5 Å². The molecule has 1 nitrogen and oxygen atoms in total. The molecule has 2 N–H and O–H groups in total. The molecule has 0 bridgehead atoms. The fourth-order valence-electron chi connectivity index (χ4n) is 1.80. The zero-order valence-electron chi connectivity index (χ0n) is 9.45. The fraction of sp³-hybridized carbons (Fsp3) is 0.143. The van der Waals surface area contributed by atoms with Crippen LogP contribution in [0.1, 0.15) is 22.7 Å². The molecule has 0 heterocycles. The second-order valence-corrected chi connectivity index (χ2v) is 5.35. The van der Waals surface area contributed by atoms with Crippen molar-refractivity contribution >= 4 is 27.5 Å². The molecular weight excluding hydrogens is 298 g/mol. The van der Waals surface area contributed by atoms with Gasteiger partial charge < -0.3 is 5.73 Å². The quantitative estimate of drug-likeness (QED) is 0.871. The van der Waals surface area contributed by atoms with Crippen molar-refractivity contribution in [2.75, 3.05) is 0 Å². The first-order chi connectivity index (χ1) is 8.08. The maximum atomic E-state index is 6.26. The van der Waals surface area contributed by atoms with Crippen LogP contribution in [0, 0.1) is 6.92 Å². The summed E-state index contributed by atoms with van der Waals surface area (Å²) in [4.78, 5) is 0. The van der Waals surface area contributed by atoms with E-state index in [0.717, 1.165) is 15.6 Å². The predicted molar refractivity (Wildman–Crippen MR) is 76.4 cm³/mol. The Labute approximate surface area is 115 Å². The molecule has 0 aromatic heterocycles. The van der Waals surface area contributed by atoms with E-state index in [-0.39, 0.29) is 6.04 Å². The van der Waals surface area contributed by atoms with E-state index in [1.54, 1.807) is 0 Å². The summed E-state index contributed by atoms with van der Waals surface area (Å²) in [5.74, 6) is 0. The molecule has 0 aliphatic rings. The van der Waals surface area contributed by atoms with Crippen molar-refractivity contribution in [2.45, 2.75) is 13.0 Å². The molecule has 1 unspecified atom stereocenters. The topological polar surface area (TPSA) is 26.0 Å². The van der Waals surface area contributed by atoms with E-state index in [4.69, 9.17) is 17.3 Å². The van der Waals surface area contributed by atoms with Gasteiger partial charge in [0, 0.05) is 9.50 Å². The fourth-order valence-corrected chi connectivity index (χ4v) is 2.73. The van der Waals surface area contributed by atoms with Gasteiger partial charge in [0.2, 0.25) is 0 Å². The van der Waals surface area contributed by atoms with Gasteiger partial charge in [-0.2, -0.15) is 0 Å². The Balaban J connectivity index is 2.40. The van der Waals surface area contributed by atoms with Gasteiger partial charge in [0.25, 0.3) is 0 Å². The predicted octanol–water partition coefficient (Wildman–Crippen LogP) is 4.46. The Morgan fingerprint density at radius 2 is 1.94 bits per heavy atom. The SMILES string of the molecule is Cc1cccc(C(N)c2ccc(Cl)cc2Br)c1. The lowest BCUT2D eigenvalue weighted by molar-refractivity contribution is 0.864. The van der Waals surface area contributed by atoms with E-state index >= 15 is 0 Å². The summed E-state index contributed by atoms with van der Waals surface area (Å²) in [7, 11) is 0. The lowest BCUT2D eigenvalue weighted by Gasteiger charge is -2.15. The maximum absolute atomic E-state index is 6.26. The van der Waals surface area contributed by atoms with Gasteiger partial charge in [0.1, 0.15) is 0 Å². The molecule has 88 valence electrons. The third-order valence-corrected chi connectivity index (χ3v) is 3.62. The summed E-state index contributed by atoms with van der Waals surface area (Å²) >= 11 is 9.42. The van der Waals surface area contributed by atoms with Gasteiger partial charge in [-0.25, -0.2) is 0 Å². The minimum atomic E-state index is -0.137. The van der Waals surface area contributed by atoms with E-state index in [9.17, 15) is 0 Å². The van der Waals surface area contributed by atoms with Crippen LogP contribution in [0.2, 0.25) is 5.02 Å². The van der Waals surface area contributed by atoms with Gasteiger partial charge in [-0.05, 0) is 30.2 Å². The first kappa shape index (κ1) is 12.6. The highest BCUT2D eigenvalue weighted by atomic mass is 79.9. The molecule has 2 rings (SSSR count). The summed E-state index contributed by atoms with van der Waals surface area (Å²) < 4.78 is 0.944. The van der Waals surface area contributed by atoms with E-state index in [1.807, 2.05) is 30.3 Å². The number of halogens is 2. The first-order valence-corrected chi connectivity index (χ1v) is 6.52. The third-order valence-electron chi connectivity index (χ3n) is 2.70. The molecular formula is C14H13BrClN. The summed E-state index contributed by atoms with van der Waals surface area (Å²) in [5, 5.41) is 0.706. The van der Waals surface area contributed by atoms with Gasteiger partial charge in [0.05, 0.1) is 6.04 Å². The summed E-state index contributed by atoms with van der Waals surface area (Å²) in [6, 6.07) is 13.8. The number of nitrogens with two attached hydrogens (primary N) is 1. The molecule has 0 aliphatic carbocycles. The zero-order chi connectivity index (χ0) is 12.4. The molecule has 17 heavy (non-hydrogen) atoms. The van der Waals surface area contributed by atoms with E-state index in [1.165, 1.54) is 5.56 Å². The van der Waals surface area contributed by atoms with Gasteiger partial charge in [-0.15, -0.1) is 0 Å². The lowest BCUT2D eigenvalue weighted by atomic mass is 9.98.